The summed E-state index contributed by atoms with van der Waals surface area (Å²) in [5.74, 6) is -0.639. The van der Waals surface area contributed by atoms with Gasteiger partial charge in [-0.1, -0.05) is 42.5 Å². The third kappa shape index (κ3) is 7.18. The fourth-order valence-corrected chi connectivity index (χ4v) is 3.83. The molecule has 32 heavy (non-hydrogen) atoms. The summed E-state index contributed by atoms with van der Waals surface area (Å²) in [4.78, 5) is 30.3. The van der Waals surface area contributed by atoms with Crippen molar-refractivity contribution in [3.8, 4) is 0 Å². The first-order valence-corrected chi connectivity index (χ1v) is 11.1. The number of halogens is 1. The second-order valence-electron chi connectivity index (χ2n) is 7.17. The Kier molecular flexibility index (Phi) is 8.77. The maximum absolute atomic E-state index is 13.5. The minimum Gasteiger partial charge on any atom is -0.383 e. The van der Waals surface area contributed by atoms with Crippen molar-refractivity contribution in [2.45, 2.75) is 13.1 Å². The summed E-state index contributed by atoms with van der Waals surface area (Å²) in [6.07, 6.45) is 0. The lowest BCUT2D eigenvalue weighted by Gasteiger charge is -2.27. The van der Waals surface area contributed by atoms with Gasteiger partial charge < -0.3 is 19.9 Å². The maximum atomic E-state index is 13.5. The number of carbonyl (C=O) groups is 2. The molecule has 0 fully saturated rings. The molecular formula is C24H26FN3O3S. The summed E-state index contributed by atoms with van der Waals surface area (Å²) < 4.78 is 18.6. The van der Waals surface area contributed by atoms with Crippen LogP contribution in [0, 0.1) is 5.82 Å². The van der Waals surface area contributed by atoms with Crippen molar-refractivity contribution in [2.75, 3.05) is 32.1 Å². The van der Waals surface area contributed by atoms with E-state index in [1.807, 2.05) is 47.8 Å². The Hall–Kier alpha value is -3.23. The van der Waals surface area contributed by atoms with Gasteiger partial charge in [-0.2, -0.15) is 0 Å². The number of benzene rings is 2. The van der Waals surface area contributed by atoms with E-state index in [4.69, 9.17) is 4.74 Å². The average Bonchev–Trinajstić information content (AvgIpc) is 3.30. The molecule has 0 spiro atoms. The molecule has 3 aromatic rings. The number of anilines is 1. The van der Waals surface area contributed by atoms with Gasteiger partial charge in [0.2, 0.25) is 5.91 Å². The van der Waals surface area contributed by atoms with Gasteiger partial charge in [-0.3, -0.25) is 4.79 Å². The Morgan fingerprint density at radius 3 is 2.50 bits per heavy atom. The molecular weight excluding hydrogens is 429 g/mol. The Bertz CT molecular complexity index is 999. The molecule has 3 rings (SSSR count). The number of nitrogens with one attached hydrogen (secondary N) is 1. The summed E-state index contributed by atoms with van der Waals surface area (Å²) >= 11 is 1.58. The number of thiophene rings is 1. The largest absolute Gasteiger partial charge is 0.383 e. The Labute approximate surface area is 191 Å². The lowest BCUT2D eigenvalue weighted by Crippen LogP contribution is -2.45. The molecule has 0 atom stereocenters. The van der Waals surface area contributed by atoms with E-state index in [1.165, 1.54) is 30.2 Å². The SMILES string of the molecule is COCCN(CC(=O)N(Cc1ccccc1)Cc1cccs1)C(=O)Nc1cccc(F)c1. The lowest BCUT2D eigenvalue weighted by atomic mass is 10.2. The van der Waals surface area contributed by atoms with E-state index in [-0.39, 0.29) is 25.6 Å². The van der Waals surface area contributed by atoms with Gasteiger partial charge in [0, 0.05) is 30.8 Å². The maximum Gasteiger partial charge on any atom is 0.322 e. The van der Waals surface area contributed by atoms with Gasteiger partial charge in [0.25, 0.3) is 0 Å². The van der Waals surface area contributed by atoms with E-state index in [0.717, 1.165) is 10.4 Å². The predicted octanol–water partition coefficient (Wildman–Crippen LogP) is 4.60. The van der Waals surface area contributed by atoms with Crippen LogP contribution >= 0.6 is 11.3 Å². The summed E-state index contributed by atoms with van der Waals surface area (Å²) in [6.45, 7) is 1.26. The highest BCUT2D eigenvalue weighted by atomic mass is 32.1. The first-order chi connectivity index (χ1) is 15.5. The zero-order valence-corrected chi connectivity index (χ0v) is 18.7. The van der Waals surface area contributed by atoms with Gasteiger partial charge in [-0.15, -0.1) is 11.3 Å². The Morgan fingerprint density at radius 1 is 1.00 bits per heavy atom. The Balaban J connectivity index is 1.73. The minimum atomic E-state index is -0.489. The van der Waals surface area contributed by atoms with Crippen molar-refractivity contribution in [1.29, 1.82) is 0 Å². The number of rotatable bonds is 10. The number of amides is 3. The normalized spacial score (nSPS) is 10.6. The zero-order chi connectivity index (χ0) is 22.8. The molecule has 1 N–H and O–H groups in total. The quantitative estimate of drug-likeness (QED) is 0.486. The van der Waals surface area contributed by atoms with E-state index in [1.54, 1.807) is 22.3 Å². The number of carbonyl (C=O) groups excluding carboxylic acids is 2. The van der Waals surface area contributed by atoms with Crippen LogP contribution in [0.1, 0.15) is 10.4 Å². The molecule has 0 unspecified atom stereocenters. The second kappa shape index (κ2) is 12.0. The smallest absolute Gasteiger partial charge is 0.322 e. The van der Waals surface area contributed by atoms with E-state index >= 15 is 0 Å². The number of methoxy groups -OCH3 is 1. The van der Waals surface area contributed by atoms with E-state index < -0.39 is 11.8 Å². The molecule has 2 aromatic carbocycles. The first kappa shape index (κ1) is 23.4. The van der Waals surface area contributed by atoms with Crippen LogP contribution in [0.15, 0.2) is 72.1 Å². The summed E-state index contributed by atoms with van der Waals surface area (Å²) in [5, 5.41) is 4.62. The summed E-state index contributed by atoms with van der Waals surface area (Å²) in [7, 11) is 1.53. The van der Waals surface area contributed by atoms with E-state index in [2.05, 4.69) is 5.32 Å². The molecule has 0 saturated carbocycles. The molecule has 0 bridgehead atoms. The van der Waals surface area contributed by atoms with Gasteiger partial charge in [0.15, 0.2) is 0 Å². The average molecular weight is 456 g/mol. The fraction of sp³-hybridized carbons (Fsp3) is 0.250. The monoisotopic (exact) mass is 455 g/mol. The molecule has 0 aliphatic heterocycles. The van der Waals surface area contributed by atoms with E-state index in [0.29, 0.717) is 18.8 Å². The fourth-order valence-electron chi connectivity index (χ4n) is 3.11. The molecule has 3 amide bonds. The first-order valence-electron chi connectivity index (χ1n) is 10.2. The molecule has 8 heteroatoms. The van der Waals surface area contributed by atoms with Crippen molar-refractivity contribution in [2.24, 2.45) is 0 Å². The van der Waals surface area contributed by atoms with E-state index in [9.17, 15) is 14.0 Å². The molecule has 0 radical (unpaired) electrons. The Morgan fingerprint density at radius 2 is 1.81 bits per heavy atom. The van der Waals surface area contributed by atoms with Crippen LogP contribution in [0.3, 0.4) is 0 Å². The highest BCUT2D eigenvalue weighted by Crippen LogP contribution is 2.16. The van der Waals surface area contributed by atoms with Crippen LogP contribution in [0.25, 0.3) is 0 Å². The van der Waals surface area contributed by atoms with Gasteiger partial charge in [-0.05, 0) is 35.2 Å². The van der Waals surface area contributed by atoms with Crippen molar-refractivity contribution in [1.82, 2.24) is 9.80 Å². The number of nitrogens with zero attached hydrogens (tertiary/aromatic N) is 2. The molecule has 1 aromatic heterocycles. The van der Waals surface area contributed by atoms with Crippen LogP contribution in [0.4, 0.5) is 14.9 Å². The number of ether oxygens (including phenoxy) is 1. The molecule has 6 nitrogen and oxygen atoms in total. The van der Waals surface area contributed by atoms with Gasteiger partial charge in [0.05, 0.1) is 13.2 Å². The van der Waals surface area contributed by atoms with Crippen LogP contribution in [-0.4, -0.2) is 48.5 Å². The third-order valence-corrected chi connectivity index (χ3v) is 5.61. The van der Waals surface area contributed by atoms with Gasteiger partial charge in [-0.25, -0.2) is 9.18 Å². The number of hydrogen-bond donors (Lipinski definition) is 1. The highest BCUT2D eigenvalue weighted by molar-refractivity contribution is 7.09. The number of urea groups is 1. The third-order valence-electron chi connectivity index (χ3n) is 4.75. The second-order valence-corrected chi connectivity index (χ2v) is 8.20. The van der Waals surface area contributed by atoms with Crippen LogP contribution < -0.4 is 5.32 Å². The van der Waals surface area contributed by atoms with Crippen molar-refractivity contribution < 1.29 is 18.7 Å². The highest BCUT2D eigenvalue weighted by Gasteiger charge is 2.22. The lowest BCUT2D eigenvalue weighted by molar-refractivity contribution is -0.133. The van der Waals surface area contributed by atoms with Crippen LogP contribution in [0.2, 0.25) is 0 Å². The number of hydrogen-bond acceptors (Lipinski definition) is 4. The minimum absolute atomic E-state index is 0.122. The molecule has 168 valence electrons. The molecule has 1 heterocycles. The summed E-state index contributed by atoms with van der Waals surface area (Å²) in [6, 6.07) is 18.8. The van der Waals surface area contributed by atoms with Crippen LogP contribution in [-0.2, 0) is 22.6 Å². The van der Waals surface area contributed by atoms with Gasteiger partial charge in [0.1, 0.15) is 12.4 Å². The molecule has 0 aliphatic carbocycles. The van der Waals surface area contributed by atoms with Crippen molar-refractivity contribution >= 4 is 29.0 Å². The summed E-state index contributed by atoms with van der Waals surface area (Å²) in [5.41, 5.74) is 1.33. The van der Waals surface area contributed by atoms with Crippen molar-refractivity contribution in [3.05, 3.63) is 88.4 Å². The van der Waals surface area contributed by atoms with Crippen molar-refractivity contribution in [3.63, 3.8) is 0 Å². The molecule has 0 saturated heterocycles. The standard InChI is InChI=1S/C24H26FN3O3S/c1-31-13-12-27(24(30)26-21-10-5-9-20(25)15-21)18-23(29)28(17-22-11-6-14-32-22)16-19-7-3-2-4-8-19/h2-11,14-15H,12-13,16-18H2,1H3,(H,26,30). The van der Waals surface area contributed by atoms with Crippen LogP contribution in [0.5, 0.6) is 0 Å². The molecule has 0 aliphatic rings. The predicted molar refractivity (Wildman–Crippen MR) is 124 cm³/mol. The topological polar surface area (TPSA) is 61.9 Å². The van der Waals surface area contributed by atoms with Gasteiger partial charge >= 0.3 is 6.03 Å². The zero-order valence-electron chi connectivity index (χ0n) is 17.9.